The van der Waals surface area contributed by atoms with E-state index in [2.05, 4.69) is 21.9 Å². The molecule has 0 bridgehead atoms. The minimum atomic E-state index is 0.137. The van der Waals surface area contributed by atoms with Gasteiger partial charge in [0.2, 0.25) is 5.91 Å². The van der Waals surface area contributed by atoms with Gasteiger partial charge in [-0.2, -0.15) is 5.10 Å². The smallest absolute Gasteiger partial charge is 0.244 e. The summed E-state index contributed by atoms with van der Waals surface area (Å²) in [4.78, 5) is 21.4. The Balaban J connectivity index is 1.36. The molecular formula is C17H21N5OS. The number of nitrogens with zero attached hydrogens (tertiary/aromatic N) is 5. The Labute approximate surface area is 145 Å². The molecule has 1 aromatic heterocycles. The summed E-state index contributed by atoms with van der Waals surface area (Å²) in [7, 11) is 0. The van der Waals surface area contributed by atoms with Gasteiger partial charge in [-0.25, -0.2) is 0 Å². The highest BCUT2D eigenvalue weighted by molar-refractivity contribution is 8.14. The van der Waals surface area contributed by atoms with E-state index in [1.807, 2.05) is 47.1 Å². The Kier molecular flexibility index (Phi) is 4.18. The molecule has 1 atom stereocenters. The maximum absolute atomic E-state index is 12.6. The third-order valence-corrected chi connectivity index (χ3v) is 5.68. The fourth-order valence-corrected chi connectivity index (χ4v) is 4.15. The van der Waals surface area contributed by atoms with Crippen molar-refractivity contribution in [3.05, 3.63) is 30.5 Å². The number of fused-ring (bicyclic) bond motifs is 1. The Hall–Kier alpha value is -2.02. The number of benzene rings is 1. The molecule has 1 amide bonds. The van der Waals surface area contributed by atoms with Gasteiger partial charge in [-0.15, -0.1) is 0 Å². The van der Waals surface area contributed by atoms with Crippen molar-refractivity contribution < 1.29 is 4.79 Å². The zero-order valence-electron chi connectivity index (χ0n) is 13.8. The molecule has 2 aliphatic heterocycles. The average Bonchev–Trinajstić information content (AvgIpc) is 3.22. The van der Waals surface area contributed by atoms with Crippen molar-refractivity contribution in [2.24, 2.45) is 4.99 Å². The minimum absolute atomic E-state index is 0.137. The van der Waals surface area contributed by atoms with Gasteiger partial charge >= 0.3 is 0 Å². The molecule has 0 saturated carbocycles. The first-order valence-corrected chi connectivity index (χ1v) is 9.23. The fourth-order valence-electron chi connectivity index (χ4n) is 3.16. The summed E-state index contributed by atoms with van der Waals surface area (Å²) in [5, 5.41) is 7.15. The molecule has 2 aliphatic rings. The monoisotopic (exact) mass is 343 g/mol. The van der Waals surface area contributed by atoms with Crippen LogP contribution in [0.5, 0.6) is 0 Å². The first-order chi connectivity index (χ1) is 11.7. The van der Waals surface area contributed by atoms with Crippen LogP contribution in [0, 0.1) is 0 Å². The molecule has 0 radical (unpaired) electrons. The number of piperazine rings is 1. The Morgan fingerprint density at radius 2 is 2.04 bits per heavy atom. The van der Waals surface area contributed by atoms with E-state index in [-0.39, 0.29) is 5.91 Å². The maximum Gasteiger partial charge on any atom is 0.244 e. The second-order valence-corrected chi connectivity index (χ2v) is 7.69. The Morgan fingerprint density at radius 1 is 1.25 bits per heavy atom. The summed E-state index contributed by atoms with van der Waals surface area (Å²) in [5.74, 6) is 0.137. The maximum atomic E-state index is 12.6. The summed E-state index contributed by atoms with van der Waals surface area (Å²) in [6.45, 7) is 6.66. The highest BCUT2D eigenvalue weighted by Crippen LogP contribution is 2.23. The summed E-state index contributed by atoms with van der Waals surface area (Å²) < 4.78 is 1.79. The number of carbonyl (C=O) groups is 1. The van der Waals surface area contributed by atoms with Crippen molar-refractivity contribution in [1.82, 2.24) is 19.6 Å². The van der Waals surface area contributed by atoms with Gasteiger partial charge in [0.25, 0.3) is 0 Å². The molecular weight excluding hydrogens is 322 g/mol. The highest BCUT2D eigenvalue weighted by atomic mass is 32.2. The number of thioether (sulfide) groups is 1. The van der Waals surface area contributed by atoms with Crippen molar-refractivity contribution in [2.45, 2.75) is 18.7 Å². The molecule has 4 rings (SSSR count). The second kappa shape index (κ2) is 6.47. The van der Waals surface area contributed by atoms with Gasteiger partial charge < -0.3 is 9.80 Å². The molecule has 2 aromatic rings. The molecule has 1 aromatic carbocycles. The number of carbonyl (C=O) groups excluding carboxylic acids is 1. The summed E-state index contributed by atoms with van der Waals surface area (Å²) >= 11 is 1.85. The molecule has 126 valence electrons. The van der Waals surface area contributed by atoms with Crippen molar-refractivity contribution in [3.8, 4) is 0 Å². The number of rotatable bonds is 2. The lowest BCUT2D eigenvalue weighted by molar-refractivity contribution is -0.133. The van der Waals surface area contributed by atoms with Crippen LogP contribution in [-0.2, 0) is 11.3 Å². The number of aromatic nitrogens is 2. The van der Waals surface area contributed by atoms with Crippen LogP contribution in [0.25, 0.3) is 10.9 Å². The van der Waals surface area contributed by atoms with Crippen molar-refractivity contribution in [3.63, 3.8) is 0 Å². The molecule has 0 unspecified atom stereocenters. The van der Waals surface area contributed by atoms with Crippen LogP contribution >= 0.6 is 11.8 Å². The van der Waals surface area contributed by atoms with E-state index in [1.165, 1.54) is 0 Å². The van der Waals surface area contributed by atoms with Gasteiger partial charge in [0.05, 0.1) is 18.3 Å². The molecule has 0 aliphatic carbocycles. The molecule has 7 heteroatoms. The van der Waals surface area contributed by atoms with E-state index in [4.69, 9.17) is 0 Å². The first kappa shape index (κ1) is 15.5. The summed E-state index contributed by atoms with van der Waals surface area (Å²) in [6.07, 6.45) is 1.82. The fraction of sp³-hybridized carbons (Fsp3) is 0.471. The van der Waals surface area contributed by atoms with Crippen LogP contribution in [0.2, 0.25) is 0 Å². The number of hydrogen-bond acceptors (Lipinski definition) is 5. The molecule has 1 fully saturated rings. The van der Waals surface area contributed by atoms with Crippen molar-refractivity contribution in [2.75, 3.05) is 32.7 Å². The predicted octanol–water partition coefficient (Wildman–Crippen LogP) is 1.67. The zero-order valence-corrected chi connectivity index (χ0v) is 14.6. The van der Waals surface area contributed by atoms with Crippen LogP contribution in [0.4, 0.5) is 0 Å². The number of aliphatic imine (C=N–C) groups is 1. The van der Waals surface area contributed by atoms with Crippen LogP contribution in [0.3, 0.4) is 0 Å². The van der Waals surface area contributed by atoms with Crippen molar-refractivity contribution >= 4 is 33.7 Å². The zero-order chi connectivity index (χ0) is 16.5. The van der Waals surface area contributed by atoms with Crippen molar-refractivity contribution in [1.29, 1.82) is 0 Å². The number of amidine groups is 1. The van der Waals surface area contributed by atoms with E-state index >= 15 is 0 Å². The number of amides is 1. The van der Waals surface area contributed by atoms with E-state index < -0.39 is 0 Å². The molecule has 3 heterocycles. The van der Waals surface area contributed by atoms with Gasteiger partial charge in [0.15, 0.2) is 5.17 Å². The average molecular weight is 343 g/mol. The molecule has 24 heavy (non-hydrogen) atoms. The SMILES string of the molecule is C[C@@H]1CN=C(N2CCN(C(=O)Cn3ncc4ccccc43)CC2)S1. The lowest BCUT2D eigenvalue weighted by Crippen LogP contribution is -2.50. The Bertz CT molecular complexity index is 778. The van der Waals surface area contributed by atoms with Crippen LogP contribution in [-0.4, -0.2) is 68.6 Å². The minimum Gasteiger partial charge on any atom is -0.348 e. The van der Waals surface area contributed by atoms with Gasteiger partial charge in [0.1, 0.15) is 6.54 Å². The predicted molar refractivity (Wildman–Crippen MR) is 97.2 cm³/mol. The summed E-state index contributed by atoms with van der Waals surface area (Å²) in [5.41, 5.74) is 1.01. The van der Waals surface area contributed by atoms with Gasteiger partial charge in [-0.1, -0.05) is 36.9 Å². The summed E-state index contributed by atoms with van der Waals surface area (Å²) in [6, 6.07) is 7.98. The van der Waals surface area contributed by atoms with Crippen LogP contribution in [0.1, 0.15) is 6.92 Å². The molecule has 0 spiro atoms. The number of hydrogen-bond donors (Lipinski definition) is 0. The largest absolute Gasteiger partial charge is 0.348 e. The van der Waals surface area contributed by atoms with Gasteiger partial charge in [-0.05, 0) is 6.07 Å². The van der Waals surface area contributed by atoms with E-state index in [0.717, 1.165) is 48.8 Å². The van der Waals surface area contributed by atoms with E-state index in [9.17, 15) is 4.79 Å². The highest BCUT2D eigenvalue weighted by Gasteiger charge is 2.26. The first-order valence-electron chi connectivity index (χ1n) is 8.35. The van der Waals surface area contributed by atoms with Crippen LogP contribution in [0.15, 0.2) is 35.5 Å². The third-order valence-electron chi connectivity index (χ3n) is 4.53. The molecule has 0 N–H and O–H groups in total. The van der Waals surface area contributed by atoms with E-state index in [0.29, 0.717) is 11.8 Å². The standard InChI is InChI=1S/C17H21N5OS/c1-13-10-18-17(24-13)21-8-6-20(7-9-21)16(23)12-22-15-5-3-2-4-14(15)11-19-22/h2-5,11,13H,6-10,12H2,1H3/t13-/m1/s1. The quantitative estimate of drug-likeness (QED) is 0.832. The lowest BCUT2D eigenvalue weighted by Gasteiger charge is -2.35. The van der Waals surface area contributed by atoms with Crippen LogP contribution < -0.4 is 0 Å². The van der Waals surface area contributed by atoms with Gasteiger partial charge in [0, 0.05) is 36.8 Å². The molecule has 1 saturated heterocycles. The second-order valence-electron chi connectivity index (χ2n) is 6.28. The molecule has 6 nitrogen and oxygen atoms in total. The van der Waals surface area contributed by atoms with E-state index in [1.54, 1.807) is 4.68 Å². The third kappa shape index (κ3) is 3.00. The topological polar surface area (TPSA) is 53.7 Å². The Morgan fingerprint density at radius 3 is 2.79 bits per heavy atom. The number of para-hydroxylation sites is 1. The normalized spacial score (nSPS) is 21.4. The lowest BCUT2D eigenvalue weighted by atomic mass is 10.2. The van der Waals surface area contributed by atoms with Gasteiger partial charge in [-0.3, -0.25) is 14.5 Å².